The molecule has 1 nitrogen and oxygen atoms in total. The van der Waals surface area contributed by atoms with E-state index < -0.39 is 0 Å². The highest BCUT2D eigenvalue weighted by atomic mass is 15.0. The molecule has 1 rings (SSSR count). The van der Waals surface area contributed by atoms with E-state index >= 15 is 0 Å². The third-order valence-corrected chi connectivity index (χ3v) is 3.98. The number of terminal acetylenes is 1. The van der Waals surface area contributed by atoms with Gasteiger partial charge in [-0.05, 0) is 31.1 Å². The lowest BCUT2D eigenvalue weighted by atomic mass is 9.77. The van der Waals surface area contributed by atoms with Crippen LogP contribution in [0.3, 0.4) is 0 Å². The van der Waals surface area contributed by atoms with E-state index in [2.05, 4.69) is 32.0 Å². The van der Waals surface area contributed by atoms with E-state index in [4.69, 9.17) is 6.42 Å². The predicted molar refractivity (Wildman–Crippen MR) is 71.2 cm³/mol. The van der Waals surface area contributed by atoms with Crippen LogP contribution in [0.1, 0.15) is 59.3 Å². The van der Waals surface area contributed by atoms with Crippen molar-refractivity contribution < 1.29 is 0 Å². The summed E-state index contributed by atoms with van der Waals surface area (Å²) in [6.45, 7) is 6.93. The summed E-state index contributed by atoms with van der Waals surface area (Å²) in [4.78, 5) is 0. The molecule has 0 aromatic rings. The summed E-state index contributed by atoms with van der Waals surface area (Å²) >= 11 is 0. The van der Waals surface area contributed by atoms with Crippen molar-refractivity contribution in [2.45, 2.75) is 71.4 Å². The van der Waals surface area contributed by atoms with Crippen LogP contribution in [0.15, 0.2) is 0 Å². The maximum Gasteiger partial charge on any atom is 0.0240 e. The Bertz CT molecular complexity index is 226. The number of hydrogen-bond acceptors (Lipinski definition) is 1. The summed E-state index contributed by atoms with van der Waals surface area (Å²) in [7, 11) is 0. The number of hydrogen-bond donors (Lipinski definition) is 1. The maximum atomic E-state index is 5.41. The van der Waals surface area contributed by atoms with Crippen molar-refractivity contribution in [2.24, 2.45) is 11.8 Å². The van der Waals surface area contributed by atoms with Gasteiger partial charge >= 0.3 is 0 Å². The Morgan fingerprint density at radius 2 is 2.00 bits per heavy atom. The summed E-state index contributed by atoms with van der Waals surface area (Å²) in [6.07, 6.45) is 13.0. The number of nitrogens with one attached hydrogen (secondary N) is 1. The zero-order valence-corrected chi connectivity index (χ0v) is 11.1. The highest BCUT2D eigenvalue weighted by Gasteiger charge is 2.28. The topological polar surface area (TPSA) is 12.0 Å². The summed E-state index contributed by atoms with van der Waals surface area (Å²) in [5.41, 5.74) is 0. The van der Waals surface area contributed by atoms with Crippen molar-refractivity contribution in [3.63, 3.8) is 0 Å². The molecule has 1 fully saturated rings. The van der Waals surface area contributed by atoms with Gasteiger partial charge in [0.15, 0.2) is 0 Å². The van der Waals surface area contributed by atoms with Crippen molar-refractivity contribution in [2.75, 3.05) is 0 Å². The Hall–Kier alpha value is -0.480. The van der Waals surface area contributed by atoms with Crippen molar-refractivity contribution in [3.05, 3.63) is 0 Å². The third kappa shape index (κ3) is 3.83. The van der Waals surface area contributed by atoms with Crippen LogP contribution in [0.2, 0.25) is 0 Å². The smallest absolute Gasteiger partial charge is 0.0240 e. The Balaban J connectivity index is 2.51. The fourth-order valence-corrected chi connectivity index (χ4v) is 2.93. The second kappa shape index (κ2) is 6.97. The highest BCUT2D eigenvalue weighted by Crippen LogP contribution is 2.30. The predicted octanol–water partition coefficient (Wildman–Crippen LogP) is 3.59. The minimum Gasteiger partial charge on any atom is -0.310 e. The lowest BCUT2D eigenvalue weighted by Crippen LogP contribution is -2.45. The molecule has 0 bridgehead atoms. The van der Waals surface area contributed by atoms with Gasteiger partial charge in [-0.1, -0.05) is 33.6 Å². The summed E-state index contributed by atoms with van der Waals surface area (Å²) in [5.74, 6) is 4.43. The summed E-state index contributed by atoms with van der Waals surface area (Å²) in [6, 6.07) is 1.22. The molecule has 1 N–H and O–H groups in total. The SMILES string of the molecule is C#CCC(CC)NC1CCCCC1C(C)C. The first-order valence-electron chi connectivity index (χ1n) is 6.88. The van der Waals surface area contributed by atoms with Crippen molar-refractivity contribution in [1.29, 1.82) is 0 Å². The van der Waals surface area contributed by atoms with E-state index in [1.54, 1.807) is 0 Å². The fourth-order valence-electron chi connectivity index (χ4n) is 2.93. The molecular formula is C15H27N. The molecule has 0 heterocycles. The fraction of sp³-hybridized carbons (Fsp3) is 0.867. The minimum atomic E-state index is 0.523. The number of rotatable bonds is 5. The standard InChI is InChI=1S/C15H27N/c1-5-9-13(6-2)16-15-11-8-7-10-14(15)12(3)4/h1,12-16H,6-11H2,2-4H3. The molecule has 0 amide bonds. The van der Waals surface area contributed by atoms with Gasteiger partial charge in [0, 0.05) is 18.5 Å². The van der Waals surface area contributed by atoms with Crippen LogP contribution in [0, 0.1) is 24.2 Å². The normalized spacial score (nSPS) is 27.7. The van der Waals surface area contributed by atoms with Crippen LogP contribution >= 0.6 is 0 Å². The van der Waals surface area contributed by atoms with E-state index in [-0.39, 0.29) is 0 Å². The molecule has 0 spiro atoms. The largest absolute Gasteiger partial charge is 0.310 e. The molecule has 1 aliphatic rings. The monoisotopic (exact) mass is 221 g/mol. The van der Waals surface area contributed by atoms with E-state index in [9.17, 15) is 0 Å². The first kappa shape index (κ1) is 13.6. The van der Waals surface area contributed by atoms with E-state index in [0.717, 1.165) is 24.7 Å². The van der Waals surface area contributed by atoms with Crippen LogP contribution in [-0.2, 0) is 0 Å². The Kier molecular flexibility index (Phi) is 5.91. The van der Waals surface area contributed by atoms with Gasteiger partial charge in [0.1, 0.15) is 0 Å². The van der Waals surface area contributed by atoms with Gasteiger partial charge in [-0.25, -0.2) is 0 Å². The molecule has 0 aromatic carbocycles. The van der Waals surface area contributed by atoms with Crippen molar-refractivity contribution in [1.82, 2.24) is 5.32 Å². The van der Waals surface area contributed by atoms with Gasteiger partial charge in [-0.3, -0.25) is 0 Å². The van der Waals surface area contributed by atoms with Gasteiger partial charge in [0.05, 0.1) is 0 Å². The Morgan fingerprint density at radius 3 is 2.56 bits per heavy atom. The van der Waals surface area contributed by atoms with Crippen LogP contribution < -0.4 is 5.32 Å². The highest BCUT2D eigenvalue weighted by molar-refractivity contribution is 4.92. The molecule has 92 valence electrons. The van der Waals surface area contributed by atoms with Crippen LogP contribution in [-0.4, -0.2) is 12.1 Å². The van der Waals surface area contributed by atoms with Gasteiger partial charge in [0.25, 0.3) is 0 Å². The van der Waals surface area contributed by atoms with Gasteiger partial charge in [0.2, 0.25) is 0 Å². The zero-order chi connectivity index (χ0) is 12.0. The van der Waals surface area contributed by atoms with E-state index in [0.29, 0.717) is 12.1 Å². The quantitative estimate of drug-likeness (QED) is 0.700. The zero-order valence-electron chi connectivity index (χ0n) is 11.1. The van der Waals surface area contributed by atoms with Crippen molar-refractivity contribution >= 4 is 0 Å². The molecule has 0 aliphatic heterocycles. The molecule has 0 saturated heterocycles. The molecule has 0 radical (unpaired) electrons. The molecule has 1 saturated carbocycles. The lowest BCUT2D eigenvalue weighted by Gasteiger charge is -2.37. The van der Waals surface area contributed by atoms with Crippen LogP contribution in [0.5, 0.6) is 0 Å². The average molecular weight is 221 g/mol. The van der Waals surface area contributed by atoms with E-state index in [1.807, 2.05) is 0 Å². The molecule has 1 heteroatoms. The maximum absolute atomic E-state index is 5.41. The minimum absolute atomic E-state index is 0.523. The van der Waals surface area contributed by atoms with Crippen LogP contribution in [0.4, 0.5) is 0 Å². The molecule has 16 heavy (non-hydrogen) atoms. The first-order chi connectivity index (χ1) is 7.69. The lowest BCUT2D eigenvalue weighted by molar-refractivity contribution is 0.191. The Morgan fingerprint density at radius 1 is 1.31 bits per heavy atom. The third-order valence-electron chi connectivity index (χ3n) is 3.98. The molecule has 3 unspecified atom stereocenters. The van der Waals surface area contributed by atoms with E-state index in [1.165, 1.54) is 25.7 Å². The summed E-state index contributed by atoms with van der Waals surface area (Å²) < 4.78 is 0. The van der Waals surface area contributed by atoms with Gasteiger partial charge in [-0.15, -0.1) is 12.3 Å². The second-order valence-corrected chi connectivity index (χ2v) is 5.48. The Labute approximate surface area is 101 Å². The molecule has 0 aromatic heterocycles. The van der Waals surface area contributed by atoms with Gasteiger partial charge < -0.3 is 5.32 Å². The molecule has 1 aliphatic carbocycles. The van der Waals surface area contributed by atoms with Gasteiger partial charge in [-0.2, -0.15) is 0 Å². The second-order valence-electron chi connectivity index (χ2n) is 5.48. The summed E-state index contributed by atoms with van der Waals surface area (Å²) in [5, 5.41) is 3.80. The average Bonchev–Trinajstić information content (AvgIpc) is 2.29. The molecule has 3 atom stereocenters. The first-order valence-corrected chi connectivity index (χ1v) is 6.88. The van der Waals surface area contributed by atoms with Crippen molar-refractivity contribution in [3.8, 4) is 12.3 Å². The molecular weight excluding hydrogens is 194 g/mol. The van der Waals surface area contributed by atoms with Crippen LogP contribution in [0.25, 0.3) is 0 Å².